The summed E-state index contributed by atoms with van der Waals surface area (Å²) in [5.41, 5.74) is -0.524. The standard InChI is InChI=1S/C17H16Cl3F3N4O/c1-25-14(13(20)15(24-25)17(21,22)23)16(28)27-6-4-26(5-7-27)9-10-2-3-11(18)12(19)8-10/h2-3,8H,4-7,9H2,1H3. The lowest BCUT2D eigenvalue weighted by Crippen LogP contribution is -2.48. The minimum absolute atomic E-state index is 0.257. The Morgan fingerprint density at radius 2 is 1.75 bits per heavy atom. The molecule has 11 heteroatoms. The number of piperazine rings is 1. The SMILES string of the molecule is Cn1nc(C(F)(F)F)c(Cl)c1C(=O)N1CCN(Cc2ccc(Cl)c(Cl)c2)CC1. The van der Waals surface area contributed by atoms with Crippen molar-refractivity contribution in [1.29, 1.82) is 0 Å². The molecular weight excluding hydrogens is 440 g/mol. The van der Waals surface area contributed by atoms with Gasteiger partial charge in [-0.15, -0.1) is 0 Å². The van der Waals surface area contributed by atoms with Crippen LogP contribution in [0.15, 0.2) is 18.2 Å². The zero-order valence-corrected chi connectivity index (χ0v) is 17.0. The number of aromatic nitrogens is 2. The highest BCUT2D eigenvalue weighted by Crippen LogP contribution is 2.35. The summed E-state index contributed by atoms with van der Waals surface area (Å²) < 4.78 is 39.7. The average molecular weight is 456 g/mol. The van der Waals surface area contributed by atoms with Gasteiger partial charge in [0.2, 0.25) is 0 Å². The second-order valence-electron chi connectivity index (χ2n) is 6.45. The van der Waals surface area contributed by atoms with E-state index in [0.29, 0.717) is 42.8 Å². The first kappa shape index (κ1) is 21.2. The highest BCUT2D eigenvalue weighted by Gasteiger charge is 2.40. The number of carbonyl (C=O) groups excluding carboxylic acids is 1. The number of carbonyl (C=O) groups is 1. The fourth-order valence-electron chi connectivity index (χ4n) is 3.07. The summed E-state index contributed by atoms with van der Waals surface area (Å²) in [5.74, 6) is -0.565. The van der Waals surface area contributed by atoms with Crippen LogP contribution in [0.25, 0.3) is 0 Å². The van der Waals surface area contributed by atoms with Crippen molar-refractivity contribution in [2.24, 2.45) is 7.05 Å². The molecule has 1 saturated heterocycles. The third-order valence-electron chi connectivity index (χ3n) is 4.51. The summed E-state index contributed by atoms with van der Waals surface area (Å²) in [5, 5.41) is 3.64. The molecule has 0 saturated carbocycles. The molecule has 0 atom stereocenters. The van der Waals surface area contributed by atoms with Crippen LogP contribution in [0.1, 0.15) is 21.7 Å². The van der Waals surface area contributed by atoms with Crippen LogP contribution in [0.5, 0.6) is 0 Å². The van der Waals surface area contributed by atoms with Crippen LogP contribution in [0.3, 0.4) is 0 Å². The maximum absolute atomic E-state index is 12.9. The normalized spacial score (nSPS) is 15.9. The molecule has 0 N–H and O–H groups in total. The summed E-state index contributed by atoms with van der Waals surface area (Å²) in [7, 11) is 1.27. The van der Waals surface area contributed by atoms with E-state index in [1.807, 2.05) is 6.07 Å². The van der Waals surface area contributed by atoms with Crippen molar-refractivity contribution < 1.29 is 18.0 Å². The predicted molar refractivity (Wildman–Crippen MR) is 101 cm³/mol. The van der Waals surface area contributed by atoms with Crippen LogP contribution in [0.2, 0.25) is 15.1 Å². The van der Waals surface area contributed by atoms with Gasteiger partial charge in [0.1, 0.15) is 10.7 Å². The highest BCUT2D eigenvalue weighted by atomic mass is 35.5. The van der Waals surface area contributed by atoms with E-state index >= 15 is 0 Å². The van der Waals surface area contributed by atoms with E-state index in [1.54, 1.807) is 12.1 Å². The number of benzene rings is 1. The second-order valence-corrected chi connectivity index (χ2v) is 7.64. The molecule has 1 aliphatic heterocycles. The Balaban J connectivity index is 1.66. The molecule has 0 spiro atoms. The average Bonchev–Trinajstić information content (AvgIpc) is 2.93. The molecule has 3 rings (SSSR count). The summed E-state index contributed by atoms with van der Waals surface area (Å²) in [6.45, 7) is 2.48. The fraction of sp³-hybridized carbons (Fsp3) is 0.412. The van der Waals surface area contributed by atoms with E-state index in [1.165, 1.54) is 11.9 Å². The van der Waals surface area contributed by atoms with E-state index in [-0.39, 0.29) is 5.69 Å². The number of aryl methyl sites for hydroxylation is 1. The number of rotatable bonds is 3. The highest BCUT2D eigenvalue weighted by molar-refractivity contribution is 6.42. The van der Waals surface area contributed by atoms with Crippen molar-refractivity contribution in [1.82, 2.24) is 19.6 Å². The monoisotopic (exact) mass is 454 g/mol. The van der Waals surface area contributed by atoms with Crippen LogP contribution < -0.4 is 0 Å². The van der Waals surface area contributed by atoms with Gasteiger partial charge in [0.15, 0.2) is 5.69 Å². The Kier molecular flexibility index (Phi) is 6.14. The van der Waals surface area contributed by atoms with Gasteiger partial charge >= 0.3 is 6.18 Å². The maximum Gasteiger partial charge on any atom is 0.436 e. The molecule has 28 heavy (non-hydrogen) atoms. The second kappa shape index (κ2) is 8.10. The predicted octanol–water partition coefficient (Wildman–Crippen LogP) is 4.36. The smallest absolute Gasteiger partial charge is 0.335 e. The third-order valence-corrected chi connectivity index (χ3v) is 5.61. The minimum atomic E-state index is -4.72. The zero-order valence-electron chi connectivity index (χ0n) is 14.7. The molecule has 1 aromatic carbocycles. The first-order valence-electron chi connectivity index (χ1n) is 8.33. The van der Waals surface area contributed by atoms with E-state index in [4.69, 9.17) is 34.8 Å². The molecule has 152 valence electrons. The van der Waals surface area contributed by atoms with Gasteiger partial charge in [-0.2, -0.15) is 18.3 Å². The Bertz CT molecular complexity index is 893. The first-order valence-corrected chi connectivity index (χ1v) is 9.46. The molecule has 2 heterocycles. The van der Waals surface area contributed by atoms with Crippen molar-refractivity contribution in [3.63, 3.8) is 0 Å². The lowest BCUT2D eigenvalue weighted by molar-refractivity contribution is -0.141. The molecule has 0 aliphatic carbocycles. The van der Waals surface area contributed by atoms with Crippen LogP contribution in [-0.2, 0) is 19.8 Å². The van der Waals surface area contributed by atoms with E-state index in [0.717, 1.165) is 10.2 Å². The summed E-state index contributed by atoms with van der Waals surface area (Å²) in [4.78, 5) is 16.3. The van der Waals surface area contributed by atoms with E-state index < -0.39 is 22.8 Å². The maximum atomic E-state index is 12.9. The van der Waals surface area contributed by atoms with Gasteiger partial charge in [-0.05, 0) is 17.7 Å². The van der Waals surface area contributed by atoms with Crippen molar-refractivity contribution >= 4 is 40.7 Å². The van der Waals surface area contributed by atoms with E-state index in [2.05, 4.69) is 10.00 Å². The number of alkyl halides is 3. The Hall–Kier alpha value is -1.48. The molecule has 1 fully saturated rings. The van der Waals surface area contributed by atoms with Gasteiger partial charge in [-0.1, -0.05) is 40.9 Å². The summed E-state index contributed by atoms with van der Waals surface area (Å²) in [6.07, 6.45) is -4.72. The first-order chi connectivity index (χ1) is 13.1. The Morgan fingerprint density at radius 3 is 2.29 bits per heavy atom. The van der Waals surface area contributed by atoms with Gasteiger partial charge in [0.05, 0.1) is 10.0 Å². The van der Waals surface area contributed by atoms with Gasteiger partial charge in [0, 0.05) is 39.8 Å². The lowest BCUT2D eigenvalue weighted by atomic mass is 10.2. The van der Waals surface area contributed by atoms with Crippen molar-refractivity contribution in [3.8, 4) is 0 Å². The molecule has 1 amide bonds. The number of nitrogens with zero attached hydrogens (tertiary/aromatic N) is 4. The number of halogens is 6. The molecule has 0 bridgehead atoms. The molecule has 2 aromatic rings. The number of hydrogen-bond donors (Lipinski definition) is 0. The molecule has 1 aromatic heterocycles. The minimum Gasteiger partial charge on any atom is -0.335 e. The number of hydrogen-bond acceptors (Lipinski definition) is 3. The summed E-state index contributed by atoms with van der Waals surface area (Å²) >= 11 is 17.7. The van der Waals surface area contributed by atoms with Crippen molar-refractivity contribution in [2.75, 3.05) is 26.2 Å². The van der Waals surface area contributed by atoms with Crippen LogP contribution in [0.4, 0.5) is 13.2 Å². The topological polar surface area (TPSA) is 41.4 Å². The summed E-state index contributed by atoms with van der Waals surface area (Å²) in [6, 6.07) is 5.39. The van der Waals surface area contributed by atoms with E-state index in [9.17, 15) is 18.0 Å². The zero-order chi connectivity index (χ0) is 20.6. The van der Waals surface area contributed by atoms with Crippen LogP contribution in [-0.4, -0.2) is 51.7 Å². The lowest BCUT2D eigenvalue weighted by Gasteiger charge is -2.34. The van der Waals surface area contributed by atoms with Crippen molar-refractivity contribution in [2.45, 2.75) is 12.7 Å². The van der Waals surface area contributed by atoms with Gasteiger partial charge in [-0.3, -0.25) is 14.4 Å². The number of amides is 1. The quantitative estimate of drug-likeness (QED) is 0.691. The molecular formula is C17H16Cl3F3N4O. The van der Waals surface area contributed by atoms with Gasteiger partial charge < -0.3 is 4.90 Å². The van der Waals surface area contributed by atoms with Gasteiger partial charge in [-0.25, -0.2) is 0 Å². The van der Waals surface area contributed by atoms with Crippen LogP contribution in [0, 0.1) is 0 Å². The molecule has 5 nitrogen and oxygen atoms in total. The van der Waals surface area contributed by atoms with Crippen molar-refractivity contribution in [3.05, 3.63) is 50.2 Å². The third kappa shape index (κ3) is 4.40. The Labute approximate surface area is 174 Å². The Morgan fingerprint density at radius 1 is 1.11 bits per heavy atom. The molecule has 0 unspecified atom stereocenters. The van der Waals surface area contributed by atoms with Gasteiger partial charge in [0.25, 0.3) is 5.91 Å². The fourth-order valence-corrected chi connectivity index (χ4v) is 3.74. The molecule has 1 aliphatic rings. The molecule has 0 radical (unpaired) electrons. The van der Waals surface area contributed by atoms with Crippen LogP contribution >= 0.6 is 34.8 Å². The largest absolute Gasteiger partial charge is 0.436 e.